The molecule has 2 aromatic heterocycles. The summed E-state index contributed by atoms with van der Waals surface area (Å²) in [4.78, 5) is 6.63. The molecule has 2 atom stereocenters. The first-order valence-corrected chi connectivity index (χ1v) is 14.4. The molecule has 2 N–H and O–H groups in total. The van der Waals surface area contributed by atoms with Crippen molar-refractivity contribution in [2.45, 2.75) is 19.0 Å². The number of rotatable bonds is 7. The van der Waals surface area contributed by atoms with E-state index in [1.165, 1.54) is 7.11 Å². The maximum atomic E-state index is 11.9. The average Bonchev–Trinajstić information content (AvgIpc) is 3.50. The summed E-state index contributed by atoms with van der Waals surface area (Å²) in [6, 6.07) is 20.5. The van der Waals surface area contributed by atoms with Gasteiger partial charge in [-0.05, 0) is 79.3 Å². The van der Waals surface area contributed by atoms with Gasteiger partial charge in [-0.25, -0.2) is 8.42 Å². The zero-order chi connectivity index (χ0) is 27.0. The van der Waals surface area contributed by atoms with E-state index in [1.807, 2.05) is 66.6 Å². The molecule has 0 amide bonds. The van der Waals surface area contributed by atoms with E-state index in [4.69, 9.17) is 28.6 Å². The number of methoxy groups -OCH3 is 1. The Morgan fingerprint density at radius 1 is 1.08 bits per heavy atom. The van der Waals surface area contributed by atoms with E-state index in [1.54, 1.807) is 18.3 Å². The number of anilines is 2. The molecule has 5 rings (SSSR count). The highest BCUT2D eigenvalue weighted by Crippen LogP contribution is 2.44. The minimum absolute atomic E-state index is 0.259. The summed E-state index contributed by atoms with van der Waals surface area (Å²) < 4.78 is 33.9. The molecular weight excluding hydrogens is 542 g/mol. The van der Waals surface area contributed by atoms with Gasteiger partial charge >= 0.3 is 0 Å². The number of aromatic nitrogens is 2. The van der Waals surface area contributed by atoms with Crippen LogP contribution in [0.1, 0.15) is 29.0 Å². The Morgan fingerprint density at radius 3 is 2.55 bits per heavy atom. The van der Waals surface area contributed by atoms with E-state index in [0.717, 1.165) is 34.6 Å². The number of pyridine rings is 1. The Hall–Kier alpha value is -3.60. The lowest BCUT2D eigenvalue weighted by Crippen LogP contribution is -2.30. The lowest BCUT2D eigenvalue weighted by molar-refractivity contribution is 0.417. The second-order valence-corrected chi connectivity index (χ2v) is 11.5. The Morgan fingerprint density at radius 2 is 1.87 bits per heavy atom. The van der Waals surface area contributed by atoms with Crippen LogP contribution in [0.3, 0.4) is 0 Å². The number of halogens is 1. The van der Waals surface area contributed by atoms with Gasteiger partial charge in [0.05, 0.1) is 30.8 Å². The van der Waals surface area contributed by atoms with Crippen molar-refractivity contribution in [2.24, 2.45) is 0 Å². The second-order valence-electron chi connectivity index (χ2n) is 8.99. The zero-order valence-corrected chi connectivity index (χ0v) is 23.3. The molecule has 0 bridgehead atoms. The third kappa shape index (κ3) is 5.07. The summed E-state index contributed by atoms with van der Waals surface area (Å²) in [5.41, 5.74) is 4.84. The topological polar surface area (TPSA) is 88.5 Å². The van der Waals surface area contributed by atoms with Crippen LogP contribution in [0, 0.1) is 6.92 Å². The fraction of sp³-hybridized carbons (Fsp3) is 0.185. The van der Waals surface area contributed by atoms with Crippen molar-refractivity contribution in [3.63, 3.8) is 0 Å². The summed E-state index contributed by atoms with van der Waals surface area (Å²) in [6.45, 7) is 1.97. The standard InChI is InChI=1S/C27H26ClN5O3S2/c1-17-15-18(9-11-20(17)28)32-14-6-8-23(32)26-25(22-7-4-5-13-29-22)30-27(37)33(26)19-10-12-21(24(16-19)36-2)31-38(3,34)35/h4-16,25-26,31H,1-3H3,(H,30,37)/t25-,26+/m0/s1. The normalized spacial score (nSPS) is 17.4. The molecule has 2 aromatic carbocycles. The predicted octanol–water partition coefficient (Wildman–Crippen LogP) is 5.39. The maximum absolute atomic E-state index is 11.9. The van der Waals surface area contributed by atoms with Crippen LogP contribution < -0.4 is 19.7 Å². The molecule has 0 unspecified atom stereocenters. The number of benzene rings is 2. The minimum Gasteiger partial charge on any atom is -0.494 e. The summed E-state index contributed by atoms with van der Waals surface area (Å²) in [5.74, 6) is 0.375. The summed E-state index contributed by atoms with van der Waals surface area (Å²) in [6.07, 6.45) is 4.86. The predicted molar refractivity (Wildman–Crippen MR) is 155 cm³/mol. The van der Waals surface area contributed by atoms with Gasteiger partial charge in [0.2, 0.25) is 10.0 Å². The molecule has 1 fully saturated rings. The van der Waals surface area contributed by atoms with Gasteiger partial charge in [-0.1, -0.05) is 17.7 Å². The first kappa shape index (κ1) is 26.0. The Labute approximate surface area is 232 Å². The molecule has 0 saturated carbocycles. The highest BCUT2D eigenvalue weighted by Gasteiger charge is 2.42. The SMILES string of the molecule is COc1cc(N2C(=S)N[C@@H](c3ccccn3)[C@H]2c2cccn2-c2ccc(Cl)c(C)c2)ccc1NS(C)(=O)=O. The van der Waals surface area contributed by atoms with Crippen molar-refractivity contribution in [3.05, 3.63) is 101 Å². The monoisotopic (exact) mass is 567 g/mol. The van der Waals surface area contributed by atoms with Crippen molar-refractivity contribution in [2.75, 3.05) is 23.0 Å². The van der Waals surface area contributed by atoms with Crippen LogP contribution in [-0.4, -0.2) is 36.4 Å². The molecule has 196 valence electrons. The number of nitrogens with zero attached hydrogens (tertiary/aromatic N) is 3. The fourth-order valence-corrected chi connectivity index (χ4v) is 5.73. The van der Waals surface area contributed by atoms with E-state index in [9.17, 15) is 8.42 Å². The van der Waals surface area contributed by atoms with E-state index in [2.05, 4.69) is 25.7 Å². The number of aryl methyl sites for hydroxylation is 1. The minimum atomic E-state index is -3.49. The van der Waals surface area contributed by atoms with E-state index in [-0.39, 0.29) is 12.1 Å². The molecule has 1 saturated heterocycles. The Kier molecular flexibility index (Phi) is 7.04. The lowest BCUT2D eigenvalue weighted by atomic mass is 10.0. The van der Waals surface area contributed by atoms with Crippen LogP contribution in [0.2, 0.25) is 5.02 Å². The Bertz CT molecular complexity index is 1610. The van der Waals surface area contributed by atoms with Gasteiger partial charge in [0.15, 0.2) is 5.11 Å². The van der Waals surface area contributed by atoms with Gasteiger partial charge in [0.1, 0.15) is 11.8 Å². The van der Waals surface area contributed by atoms with Crippen molar-refractivity contribution in [1.29, 1.82) is 0 Å². The first-order valence-electron chi connectivity index (χ1n) is 11.8. The van der Waals surface area contributed by atoms with Crippen molar-refractivity contribution in [1.82, 2.24) is 14.9 Å². The fourth-order valence-electron chi connectivity index (χ4n) is 4.70. The van der Waals surface area contributed by atoms with Crippen LogP contribution >= 0.6 is 23.8 Å². The molecule has 8 nitrogen and oxygen atoms in total. The van der Waals surface area contributed by atoms with E-state index in [0.29, 0.717) is 21.6 Å². The highest BCUT2D eigenvalue weighted by atomic mass is 35.5. The number of hydrogen-bond acceptors (Lipinski definition) is 5. The molecule has 0 aliphatic carbocycles. The van der Waals surface area contributed by atoms with Gasteiger partial charge < -0.3 is 19.5 Å². The van der Waals surface area contributed by atoms with Crippen molar-refractivity contribution >= 4 is 50.3 Å². The molecule has 0 radical (unpaired) electrons. The number of sulfonamides is 1. The number of ether oxygens (including phenoxy) is 1. The summed E-state index contributed by atoms with van der Waals surface area (Å²) >= 11 is 12.2. The van der Waals surface area contributed by atoms with Gasteiger partial charge in [0, 0.05) is 40.6 Å². The third-order valence-corrected chi connectivity index (χ3v) is 7.69. The van der Waals surface area contributed by atoms with Crippen molar-refractivity contribution in [3.8, 4) is 11.4 Å². The van der Waals surface area contributed by atoms with Crippen LogP contribution in [0.15, 0.2) is 79.1 Å². The maximum Gasteiger partial charge on any atom is 0.229 e. The van der Waals surface area contributed by atoms with Gasteiger partial charge in [-0.15, -0.1) is 0 Å². The summed E-state index contributed by atoms with van der Waals surface area (Å²) in [7, 11) is -1.99. The van der Waals surface area contributed by atoms with Gasteiger partial charge in [0.25, 0.3) is 0 Å². The van der Waals surface area contributed by atoms with Crippen molar-refractivity contribution < 1.29 is 13.2 Å². The number of nitrogens with one attached hydrogen (secondary N) is 2. The van der Waals surface area contributed by atoms with Gasteiger partial charge in [-0.2, -0.15) is 0 Å². The third-order valence-electron chi connectivity index (χ3n) is 6.36. The second kappa shape index (κ2) is 10.3. The molecule has 0 spiro atoms. The quantitative estimate of drug-likeness (QED) is 0.289. The van der Waals surface area contributed by atoms with Crippen LogP contribution in [-0.2, 0) is 10.0 Å². The van der Waals surface area contributed by atoms with Crippen LogP contribution in [0.4, 0.5) is 11.4 Å². The first-order chi connectivity index (χ1) is 18.2. The molecule has 1 aliphatic rings. The molecule has 4 aromatic rings. The molecule has 11 heteroatoms. The highest BCUT2D eigenvalue weighted by molar-refractivity contribution is 7.92. The van der Waals surface area contributed by atoms with Crippen LogP contribution in [0.5, 0.6) is 5.75 Å². The molecular formula is C27H26ClN5O3S2. The summed E-state index contributed by atoms with van der Waals surface area (Å²) in [5, 5.41) is 4.67. The lowest BCUT2D eigenvalue weighted by Gasteiger charge is -2.29. The molecule has 3 heterocycles. The average molecular weight is 568 g/mol. The molecule has 1 aliphatic heterocycles. The Balaban J connectivity index is 1.65. The van der Waals surface area contributed by atoms with Crippen LogP contribution in [0.25, 0.3) is 5.69 Å². The number of thiocarbonyl (C=S) groups is 1. The largest absolute Gasteiger partial charge is 0.494 e. The smallest absolute Gasteiger partial charge is 0.229 e. The van der Waals surface area contributed by atoms with Gasteiger partial charge in [-0.3, -0.25) is 9.71 Å². The van der Waals surface area contributed by atoms with E-state index < -0.39 is 10.0 Å². The molecule has 38 heavy (non-hydrogen) atoms. The zero-order valence-electron chi connectivity index (χ0n) is 20.9. The number of hydrogen-bond donors (Lipinski definition) is 2. The van der Waals surface area contributed by atoms with E-state index >= 15 is 0 Å².